The first kappa shape index (κ1) is 24.6. The molecule has 0 bridgehead atoms. The minimum Gasteiger partial charge on any atom is -0.454 e. The molecule has 1 aliphatic heterocycles. The van der Waals surface area contributed by atoms with Gasteiger partial charge < -0.3 is 25.4 Å². The van der Waals surface area contributed by atoms with E-state index < -0.39 is 0 Å². The van der Waals surface area contributed by atoms with Crippen molar-refractivity contribution in [3.05, 3.63) is 53.6 Å². The zero-order valence-electron chi connectivity index (χ0n) is 20.2. The SMILES string of the molecule is CC(C)(C)CC(=O)Nc1ccc(CN(CC(C)(C)CN)C(=O)c2ccc3c(c2)OCO3)cc1. The molecule has 0 aromatic heterocycles. The predicted molar refractivity (Wildman–Crippen MR) is 129 cm³/mol. The van der Waals surface area contributed by atoms with Crippen LogP contribution in [0.2, 0.25) is 0 Å². The van der Waals surface area contributed by atoms with Crippen molar-refractivity contribution < 1.29 is 19.1 Å². The Hall–Kier alpha value is -3.06. The topological polar surface area (TPSA) is 93.9 Å². The van der Waals surface area contributed by atoms with Gasteiger partial charge in [-0.1, -0.05) is 46.8 Å². The molecule has 0 unspecified atom stereocenters. The van der Waals surface area contributed by atoms with Gasteiger partial charge in [-0.3, -0.25) is 9.59 Å². The Morgan fingerprint density at radius 3 is 2.30 bits per heavy atom. The molecule has 2 aromatic rings. The summed E-state index contributed by atoms with van der Waals surface area (Å²) < 4.78 is 10.8. The highest BCUT2D eigenvalue weighted by Crippen LogP contribution is 2.33. The van der Waals surface area contributed by atoms with Crippen LogP contribution in [0, 0.1) is 10.8 Å². The molecule has 0 saturated heterocycles. The second-order valence-corrected chi connectivity index (χ2v) is 10.6. The maximum absolute atomic E-state index is 13.4. The van der Waals surface area contributed by atoms with Gasteiger partial charge in [0.2, 0.25) is 12.7 Å². The van der Waals surface area contributed by atoms with Gasteiger partial charge in [0.25, 0.3) is 5.91 Å². The Labute approximate surface area is 196 Å². The highest BCUT2D eigenvalue weighted by molar-refractivity contribution is 5.95. The van der Waals surface area contributed by atoms with Gasteiger partial charge in [0.1, 0.15) is 0 Å². The molecule has 2 amide bonds. The second-order valence-electron chi connectivity index (χ2n) is 10.6. The molecule has 0 aliphatic carbocycles. The van der Waals surface area contributed by atoms with E-state index in [1.807, 2.05) is 58.9 Å². The predicted octanol–water partition coefficient (Wildman–Crippen LogP) is 4.42. The number of benzene rings is 2. The van der Waals surface area contributed by atoms with E-state index in [4.69, 9.17) is 15.2 Å². The van der Waals surface area contributed by atoms with E-state index in [0.29, 0.717) is 43.1 Å². The lowest BCUT2D eigenvalue weighted by atomic mass is 9.92. The fraction of sp³-hybridized carbons (Fsp3) is 0.462. The van der Waals surface area contributed by atoms with Gasteiger partial charge in [-0.25, -0.2) is 0 Å². The highest BCUT2D eigenvalue weighted by Gasteiger charge is 2.26. The molecule has 0 spiro atoms. The first-order chi connectivity index (χ1) is 15.5. The van der Waals surface area contributed by atoms with Crippen molar-refractivity contribution >= 4 is 17.5 Å². The van der Waals surface area contributed by atoms with Gasteiger partial charge in [0.05, 0.1) is 0 Å². The Kier molecular flexibility index (Phi) is 7.32. The summed E-state index contributed by atoms with van der Waals surface area (Å²) in [6, 6.07) is 12.8. The fourth-order valence-corrected chi connectivity index (χ4v) is 3.59. The van der Waals surface area contributed by atoms with E-state index in [1.54, 1.807) is 23.1 Å². The minimum absolute atomic E-state index is 0.0143. The fourth-order valence-electron chi connectivity index (χ4n) is 3.59. The third-order valence-electron chi connectivity index (χ3n) is 5.38. The molecule has 0 saturated carbocycles. The smallest absolute Gasteiger partial charge is 0.254 e. The first-order valence-corrected chi connectivity index (χ1v) is 11.2. The van der Waals surface area contributed by atoms with Crippen LogP contribution < -0.4 is 20.5 Å². The van der Waals surface area contributed by atoms with Crippen LogP contribution in [0.1, 0.15) is 57.0 Å². The Bertz CT molecular complexity index is 994. The quantitative estimate of drug-likeness (QED) is 0.617. The van der Waals surface area contributed by atoms with Crippen LogP contribution in [0.25, 0.3) is 0 Å². The van der Waals surface area contributed by atoms with Crippen LogP contribution in [0.3, 0.4) is 0 Å². The molecule has 33 heavy (non-hydrogen) atoms. The number of carbonyl (C=O) groups excluding carboxylic acids is 2. The van der Waals surface area contributed by atoms with Gasteiger partial charge in [0, 0.05) is 30.8 Å². The van der Waals surface area contributed by atoms with Crippen molar-refractivity contribution in [1.29, 1.82) is 0 Å². The first-order valence-electron chi connectivity index (χ1n) is 11.2. The largest absolute Gasteiger partial charge is 0.454 e. The summed E-state index contributed by atoms with van der Waals surface area (Å²) in [5, 5.41) is 2.94. The molecule has 3 rings (SSSR count). The Morgan fingerprint density at radius 2 is 1.67 bits per heavy atom. The van der Waals surface area contributed by atoms with Gasteiger partial charge in [-0.05, 0) is 53.3 Å². The summed E-state index contributed by atoms with van der Waals surface area (Å²) in [6.07, 6.45) is 0.445. The summed E-state index contributed by atoms with van der Waals surface area (Å²) in [7, 11) is 0. The number of ether oxygens (including phenoxy) is 2. The number of anilines is 1. The maximum Gasteiger partial charge on any atom is 0.254 e. The number of amides is 2. The lowest BCUT2D eigenvalue weighted by Crippen LogP contribution is -2.41. The number of rotatable bonds is 8. The van der Waals surface area contributed by atoms with Crippen LogP contribution >= 0.6 is 0 Å². The molecule has 0 fully saturated rings. The van der Waals surface area contributed by atoms with E-state index in [-0.39, 0.29) is 29.4 Å². The average molecular weight is 454 g/mol. The van der Waals surface area contributed by atoms with Gasteiger partial charge in [-0.15, -0.1) is 0 Å². The average Bonchev–Trinajstić information content (AvgIpc) is 3.20. The number of nitrogens with zero attached hydrogens (tertiary/aromatic N) is 1. The Morgan fingerprint density at radius 1 is 1.00 bits per heavy atom. The molecule has 7 heteroatoms. The number of hydrogen-bond donors (Lipinski definition) is 2. The summed E-state index contributed by atoms with van der Waals surface area (Å²) in [4.78, 5) is 27.4. The van der Waals surface area contributed by atoms with Crippen molar-refractivity contribution in [2.24, 2.45) is 16.6 Å². The minimum atomic E-state index is -0.243. The van der Waals surface area contributed by atoms with Crippen molar-refractivity contribution in [2.75, 3.05) is 25.2 Å². The third kappa shape index (κ3) is 6.96. The van der Waals surface area contributed by atoms with Crippen molar-refractivity contribution in [3.8, 4) is 11.5 Å². The van der Waals surface area contributed by atoms with Gasteiger partial charge >= 0.3 is 0 Å². The summed E-state index contributed by atoms with van der Waals surface area (Å²) in [5.41, 5.74) is 7.88. The van der Waals surface area contributed by atoms with Gasteiger partial charge in [0.15, 0.2) is 11.5 Å². The number of hydrogen-bond acceptors (Lipinski definition) is 5. The standard InChI is InChI=1S/C26H35N3O4/c1-25(2,3)13-23(30)28-20-9-6-18(7-10-20)14-29(16-26(4,5)15-27)24(31)19-8-11-21-22(12-19)33-17-32-21/h6-12H,13-17,27H2,1-5H3,(H,28,30). The molecule has 1 aliphatic rings. The number of nitrogens with two attached hydrogens (primary N) is 1. The maximum atomic E-state index is 13.4. The lowest BCUT2D eigenvalue weighted by molar-refractivity contribution is -0.117. The van der Waals surface area contributed by atoms with E-state index in [2.05, 4.69) is 5.32 Å². The van der Waals surface area contributed by atoms with E-state index in [0.717, 1.165) is 11.3 Å². The molecule has 3 N–H and O–H groups in total. The van der Waals surface area contributed by atoms with Crippen LogP contribution in [-0.4, -0.2) is 36.6 Å². The van der Waals surface area contributed by atoms with E-state index in [9.17, 15) is 9.59 Å². The number of carbonyl (C=O) groups is 2. The molecule has 0 atom stereocenters. The van der Waals surface area contributed by atoms with Crippen LogP contribution in [-0.2, 0) is 11.3 Å². The highest BCUT2D eigenvalue weighted by atomic mass is 16.7. The van der Waals surface area contributed by atoms with Crippen LogP contribution in [0.15, 0.2) is 42.5 Å². The summed E-state index contributed by atoms with van der Waals surface area (Å²) in [5.74, 6) is 1.11. The van der Waals surface area contributed by atoms with Crippen molar-refractivity contribution in [1.82, 2.24) is 4.90 Å². The molecule has 1 heterocycles. The molecular formula is C26H35N3O4. The Balaban J connectivity index is 1.75. The van der Waals surface area contributed by atoms with Crippen molar-refractivity contribution in [2.45, 2.75) is 47.6 Å². The molecule has 178 valence electrons. The summed E-state index contributed by atoms with van der Waals surface area (Å²) >= 11 is 0. The second kappa shape index (κ2) is 9.83. The third-order valence-corrected chi connectivity index (χ3v) is 5.38. The zero-order chi connectivity index (χ0) is 24.2. The zero-order valence-corrected chi connectivity index (χ0v) is 20.2. The van der Waals surface area contributed by atoms with Crippen molar-refractivity contribution in [3.63, 3.8) is 0 Å². The monoisotopic (exact) mass is 453 g/mol. The van der Waals surface area contributed by atoms with Crippen LogP contribution in [0.4, 0.5) is 5.69 Å². The number of fused-ring (bicyclic) bond motifs is 1. The molecule has 0 radical (unpaired) electrons. The van der Waals surface area contributed by atoms with Crippen LogP contribution in [0.5, 0.6) is 11.5 Å². The lowest BCUT2D eigenvalue weighted by Gasteiger charge is -2.32. The number of nitrogens with one attached hydrogen (secondary N) is 1. The molecule has 2 aromatic carbocycles. The summed E-state index contributed by atoms with van der Waals surface area (Å²) in [6.45, 7) is 11.7. The van der Waals surface area contributed by atoms with E-state index >= 15 is 0 Å². The molecule has 7 nitrogen and oxygen atoms in total. The van der Waals surface area contributed by atoms with Gasteiger partial charge in [-0.2, -0.15) is 0 Å². The normalized spacial score (nSPS) is 13.0. The van der Waals surface area contributed by atoms with E-state index in [1.165, 1.54) is 0 Å². The molecular weight excluding hydrogens is 418 g/mol.